The average molecular weight is 374 g/mol. The second-order valence-corrected chi connectivity index (χ2v) is 6.85. The van der Waals surface area contributed by atoms with Gasteiger partial charge in [-0.3, -0.25) is 4.79 Å². The molecule has 5 heteroatoms. The van der Waals surface area contributed by atoms with Gasteiger partial charge in [-0.05, 0) is 55.5 Å². The van der Waals surface area contributed by atoms with Crippen molar-refractivity contribution in [3.63, 3.8) is 0 Å². The van der Waals surface area contributed by atoms with Crippen LogP contribution in [0.25, 0.3) is 0 Å². The normalized spacial score (nSPS) is 10.1. The van der Waals surface area contributed by atoms with Crippen molar-refractivity contribution in [2.75, 3.05) is 11.1 Å². The predicted molar refractivity (Wildman–Crippen MR) is 108 cm³/mol. The molecule has 0 saturated carbocycles. The molecule has 4 nitrogen and oxygen atoms in total. The van der Waals surface area contributed by atoms with Crippen LogP contribution in [0.5, 0.6) is 11.5 Å². The Morgan fingerprint density at radius 2 is 1.63 bits per heavy atom. The molecule has 3 aromatic carbocycles. The number of rotatable bonds is 6. The predicted octanol–water partition coefficient (Wildman–Crippen LogP) is 5.66. The van der Waals surface area contributed by atoms with Crippen molar-refractivity contribution < 1.29 is 9.53 Å². The van der Waals surface area contributed by atoms with E-state index < -0.39 is 0 Å². The van der Waals surface area contributed by atoms with Crippen molar-refractivity contribution in [2.24, 2.45) is 0 Å². The number of nitrogens with zero attached hydrogens (tertiary/aromatic N) is 1. The molecule has 0 bridgehead atoms. The molecule has 3 rings (SSSR count). The van der Waals surface area contributed by atoms with E-state index in [1.807, 2.05) is 61.5 Å². The van der Waals surface area contributed by atoms with Gasteiger partial charge < -0.3 is 10.1 Å². The first kappa shape index (κ1) is 18.6. The van der Waals surface area contributed by atoms with E-state index in [1.165, 1.54) is 17.3 Å². The van der Waals surface area contributed by atoms with Gasteiger partial charge in [0.15, 0.2) is 0 Å². The highest BCUT2D eigenvalue weighted by Gasteiger charge is 2.11. The molecule has 1 N–H and O–H groups in total. The molecule has 134 valence electrons. The summed E-state index contributed by atoms with van der Waals surface area (Å²) >= 11 is 1.35. The summed E-state index contributed by atoms with van der Waals surface area (Å²) in [6.07, 6.45) is 0. The van der Waals surface area contributed by atoms with Crippen molar-refractivity contribution >= 4 is 23.4 Å². The SMILES string of the molecule is Cc1ccc(Oc2ccc(NC(=O)c3ccccc3SCC#N)cc2)cc1. The first-order chi connectivity index (χ1) is 13.2. The van der Waals surface area contributed by atoms with Gasteiger partial charge in [-0.25, -0.2) is 0 Å². The van der Waals surface area contributed by atoms with E-state index in [0.717, 1.165) is 10.6 Å². The molecule has 0 spiro atoms. The number of amides is 1. The molecule has 0 aromatic heterocycles. The minimum atomic E-state index is -0.205. The maximum absolute atomic E-state index is 12.6. The van der Waals surface area contributed by atoms with Gasteiger partial charge in [-0.1, -0.05) is 29.8 Å². The molecule has 3 aromatic rings. The van der Waals surface area contributed by atoms with Crippen LogP contribution >= 0.6 is 11.8 Å². The lowest BCUT2D eigenvalue weighted by molar-refractivity contribution is 0.102. The summed E-state index contributed by atoms with van der Waals surface area (Å²) in [6, 6.07) is 24.4. The van der Waals surface area contributed by atoms with Crippen LogP contribution in [0.1, 0.15) is 15.9 Å². The Morgan fingerprint density at radius 1 is 1.00 bits per heavy atom. The Morgan fingerprint density at radius 3 is 2.30 bits per heavy atom. The quantitative estimate of drug-likeness (QED) is 0.566. The van der Waals surface area contributed by atoms with Crippen LogP contribution in [-0.4, -0.2) is 11.7 Å². The van der Waals surface area contributed by atoms with E-state index in [-0.39, 0.29) is 5.91 Å². The van der Waals surface area contributed by atoms with E-state index in [1.54, 1.807) is 18.2 Å². The number of carbonyl (C=O) groups is 1. The Balaban J connectivity index is 1.67. The molecule has 0 aliphatic carbocycles. The third-order valence-corrected chi connectivity index (χ3v) is 4.73. The summed E-state index contributed by atoms with van der Waals surface area (Å²) in [6.45, 7) is 2.03. The van der Waals surface area contributed by atoms with E-state index >= 15 is 0 Å². The van der Waals surface area contributed by atoms with E-state index in [4.69, 9.17) is 10.00 Å². The molecule has 1 amide bonds. The second kappa shape index (κ2) is 8.93. The maximum atomic E-state index is 12.6. The molecule has 0 heterocycles. The molecule has 0 atom stereocenters. The van der Waals surface area contributed by atoms with Gasteiger partial charge >= 0.3 is 0 Å². The summed E-state index contributed by atoms with van der Waals surface area (Å²) in [4.78, 5) is 13.4. The highest BCUT2D eigenvalue weighted by atomic mass is 32.2. The number of thioether (sulfide) groups is 1. The van der Waals surface area contributed by atoms with Gasteiger partial charge in [0.25, 0.3) is 5.91 Å². The van der Waals surface area contributed by atoms with E-state index in [9.17, 15) is 4.79 Å². The summed E-state index contributed by atoms with van der Waals surface area (Å²) in [5.74, 6) is 1.56. The van der Waals surface area contributed by atoms with Crippen LogP contribution < -0.4 is 10.1 Å². The highest BCUT2D eigenvalue weighted by Crippen LogP contribution is 2.25. The summed E-state index contributed by atoms with van der Waals surface area (Å²) < 4.78 is 5.79. The monoisotopic (exact) mass is 374 g/mol. The zero-order valence-corrected chi connectivity index (χ0v) is 15.6. The number of benzene rings is 3. The number of anilines is 1. The summed E-state index contributed by atoms with van der Waals surface area (Å²) in [7, 11) is 0. The van der Waals surface area contributed by atoms with Gasteiger partial charge in [0.1, 0.15) is 11.5 Å². The fraction of sp³-hybridized carbons (Fsp3) is 0.0909. The highest BCUT2D eigenvalue weighted by molar-refractivity contribution is 7.99. The number of nitriles is 1. The number of nitrogens with one attached hydrogen (secondary N) is 1. The number of carbonyl (C=O) groups excluding carboxylic acids is 1. The summed E-state index contributed by atoms with van der Waals surface area (Å²) in [5.41, 5.74) is 2.41. The van der Waals surface area contributed by atoms with Crippen molar-refractivity contribution in [1.82, 2.24) is 0 Å². The second-order valence-electron chi connectivity index (χ2n) is 5.84. The molecule has 0 unspecified atom stereocenters. The van der Waals surface area contributed by atoms with Crippen LogP contribution in [0.4, 0.5) is 5.69 Å². The van der Waals surface area contributed by atoms with Crippen LogP contribution in [0, 0.1) is 18.3 Å². The Hall–Kier alpha value is -3.23. The zero-order valence-electron chi connectivity index (χ0n) is 14.8. The minimum absolute atomic E-state index is 0.205. The molecule has 27 heavy (non-hydrogen) atoms. The summed E-state index contributed by atoms with van der Waals surface area (Å²) in [5, 5.41) is 11.6. The number of aryl methyl sites for hydroxylation is 1. The molecule has 0 aliphatic heterocycles. The van der Waals surface area contributed by atoms with Crippen LogP contribution in [0.2, 0.25) is 0 Å². The van der Waals surface area contributed by atoms with Gasteiger partial charge in [0.2, 0.25) is 0 Å². The van der Waals surface area contributed by atoms with Gasteiger partial charge in [-0.15, -0.1) is 11.8 Å². The maximum Gasteiger partial charge on any atom is 0.256 e. The molecular weight excluding hydrogens is 356 g/mol. The lowest BCUT2D eigenvalue weighted by Crippen LogP contribution is -2.12. The number of hydrogen-bond acceptors (Lipinski definition) is 4. The van der Waals surface area contributed by atoms with E-state index in [0.29, 0.717) is 22.8 Å². The van der Waals surface area contributed by atoms with Crippen molar-refractivity contribution in [1.29, 1.82) is 5.26 Å². The zero-order chi connectivity index (χ0) is 19.1. The Labute approximate surface area is 162 Å². The molecule has 0 fully saturated rings. The van der Waals surface area contributed by atoms with Crippen LogP contribution in [-0.2, 0) is 0 Å². The Bertz CT molecular complexity index is 961. The molecule has 0 saturated heterocycles. The molecule has 0 aliphatic rings. The van der Waals surface area contributed by atoms with Crippen LogP contribution in [0.15, 0.2) is 77.7 Å². The lowest BCUT2D eigenvalue weighted by atomic mass is 10.2. The fourth-order valence-electron chi connectivity index (χ4n) is 2.44. The number of hydrogen-bond donors (Lipinski definition) is 1. The first-order valence-corrected chi connectivity index (χ1v) is 9.39. The fourth-order valence-corrected chi connectivity index (χ4v) is 3.15. The third-order valence-electron chi connectivity index (χ3n) is 3.79. The standard InChI is InChI=1S/C22H18N2O2S/c1-16-6-10-18(11-7-16)26-19-12-8-17(9-13-19)24-22(25)20-4-2-3-5-21(20)27-15-14-23/h2-13H,15H2,1H3,(H,24,25). The average Bonchev–Trinajstić information content (AvgIpc) is 2.70. The lowest BCUT2D eigenvalue weighted by Gasteiger charge is -2.10. The van der Waals surface area contributed by atoms with Gasteiger partial charge in [0.05, 0.1) is 17.4 Å². The van der Waals surface area contributed by atoms with Crippen molar-refractivity contribution in [2.45, 2.75) is 11.8 Å². The largest absolute Gasteiger partial charge is 0.457 e. The van der Waals surface area contributed by atoms with Gasteiger partial charge in [-0.2, -0.15) is 5.26 Å². The smallest absolute Gasteiger partial charge is 0.256 e. The third kappa shape index (κ3) is 5.13. The van der Waals surface area contributed by atoms with Crippen LogP contribution in [0.3, 0.4) is 0 Å². The number of ether oxygens (including phenoxy) is 1. The topological polar surface area (TPSA) is 62.1 Å². The molecule has 0 radical (unpaired) electrons. The van der Waals surface area contributed by atoms with E-state index in [2.05, 4.69) is 11.4 Å². The molecular formula is C22H18N2O2S. The Kier molecular flexibility index (Phi) is 6.14. The first-order valence-electron chi connectivity index (χ1n) is 8.40. The minimum Gasteiger partial charge on any atom is -0.457 e. The van der Waals surface area contributed by atoms with Crippen molar-refractivity contribution in [3.8, 4) is 17.6 Å². The van der Waals surface area contributed by atoms with Gasteiger partial charge in [0, 0.05) is 10.6 Å². The van der Waals surface area contributed by atoms with Crippen molar-refractivity contribution in [3.05, 3.63) is 83.9 Å².